The molecule has 106 valence electrons. The molecule has 0 unspecified atom stereocenters. The van der Waals surface area contributed by atoms with Crippen LogP contribution in [0.15, 0.2) is 23.4 Å². The van der Waals surface area contributed by atoms with Crippen molar-refractivity contribution in [2.75, 3.05) is 31.6 Å². The van der Waals surface area contributed by atoms with Crippen molar-refractivity contribution in [2.24, 2.45) is 0 Å². The van der Waals surface area contributed by atoms with Crippen molar-refractivity contribution in [1.29, 1.82) is 0 Å². The molecule has 0 aromatic carbocycles. The highest BCUT2D eigenvalue weighted by atomic mass is 32.2. The third kappa shape index (κ3) is 3.38. The lowest BCUT2D eigenvalue weighted by molar-refractivity contribution is 0.436. The van der Waals surface area contributed by atoms with Crippen LogP contribution in [-0.2, 0) is 27.4 Å². The summed E-state index contributed by atoms with van der Waals surface area (Å²) in [6.07, 6.45) is 1.56. The van der Waals surface area contributed by atoms with Crippen molar-refractivity contribution in [3.8, 4) is 0 Å². The summed E-state index contributed by atoms with van der Waals surface area (Å²) >= 11 is 0. The zero-order valence-electron chi connectivity index (χ0n) is 10.7. The SMILES string of the molecule is CNCc1ccc(S(=O)(=O)N2CCS(=O)CC2)nc1. The van der Waals surface area contributed by atoms with Gasteiger partial charge in [0.05, 0.1) is 0 Å². The Hall–Kier alpha value is -0.830. The van der Waals surface area contributed by atoms with Crippen molar-refractivity contribution in [3.63, 3.8) is 0 Å². The van der Waals surface area contributed by atoms with E-state index in [0.717, 1.165) is 5.56 Å². The number of hydrogen-bond donors (Lipinski definition) is 1. The van der Waals surface area contributed by atoms with Gasteiger partial charge in [0.25, 0.3) is 10.0 Å². The third-order valence-electron chi connectivity index (χ3n) is 2.92. The maximum atomic E-state index is 12.3. The number of aromatic nitrogens is 1. The summed E-state index contributed by atoms with van der Waals surface area (Å²) < 4.78 is 37.2. The minimum Gasteiger partial charge on any atom is -0.316 e. The molecule has 1 saturated heterocycles. The van der Waals surface area contributed by atoms with E-state index in [9.17, 15) is 12.6 Å². The molecular formula is C11H17N3O3S2. The van der Waals surface area contributed by atoms with Crippen LogP contribution < -0.4 is 5.32 Å². The summed E-state index contributed by atoms with van der Waals surface area (Å²) in [5, 5.41) is 3.03. The summed E-state index contributed by atoms with van der Waals surface area (Å²) in [5.41, 5.74) is 0.932. The number of hydrogen-bond acceptors (Lipinski definition) is 5. The van der Waals surface area contributed by atoms with Gasteiger partial charge in [-0.1, -0.05) is 6.07 Å². The van der Waals surface area contributed by atoms with Crippen LogP contribution in [0.2, 0.25) is 0 Å². The molecular weight excluding hydrogens is 286 g/mol. The molecule has 1 N–H and O–H groups in total. The first kappa shape index (κ1) is 14.6. The third-order valence-corrected chi connectivity index (χ3v) is 6.01. The van der Waals surface area contributed by atoms with Crippen LogP contribution in [0, 0.1) is 0 Å². The quantitative estimate of drug-likeness (QED) is 0.815. The number of sulfonamides is 1. The van der Waals surface area contributed by atoms with Crippen LogP contribution in [0.4, 0.5) is 0 Å². The maximum absolute atomic E-state index is 12.3. The number of pyridine rings is 1. The van der Waals surface area contributed by atoms with Crippen molar-refractivity contribution >= 4 is 20.8 Å². The number of nitrogens with one attached hydrogen (secondary N) is 1. The number of rotatable bonds is 4. The standard InChI is InChI=1S/C11H17N3O3S2/c1-12-8-10-2-3-11(13-9-10)19(16,17)14-4-6-18(15)7-5-14/h2-3,9,12H,4-8H2,1H3. The van der Waals surface area contributed by atoms with Gasteiger partial charge in [-0.15, -0.1) is 0 Å². The van der Waals surface area contributed by atoms with Crippen LogP contribution in [0.3, 0.4) is 0 Å². The van der Waals surface area contributed by atoms with E-state index in [-0.39, 0.29) is 5.03 Å². The normalized spacial score (nSPS) is 18.6. The molecule has 0 saturated carbocycles. The van der Waals surface area contributed by atoms with Gasteiger partial charge in [0.2, 0.25) is 0 Å². The van der Waals surface area contributed by atoms with Gasteiger partial charge in [-0.25, -0.2) is 13.4 Å². The van der Waals surface area contributed by atoms with Crippen molar-refractivity contribution in [3.05, 3.63) is 23.9 Å². The molecule has 1 aromatic heterocycles. The van der Waals surface area contributed by atoms with Gasteiger partial charge in [0.15, 0.2) is 5.03 Å². The zero-order valence-corrected chi connectivity index (χ0v) is 12.3. The predicted molar refractivity (Wildman–Crippen MR) is 73.6 cm³/mol. The highest BCUT2D eigenvalue weighted by molar-refractivity contribution is 7.89. The van der Waals surface area contributed by atoms with Crippen molar-refractivity contribution < 1.29 is 12.6 Å². The Balaban J connectivity index is 2.17. The maximum Gasteiger partial charge on any atom is 0.260 e. The first-order valence-corrected chi connectivity index (χ1v) is 8.91. The van der Waals surface area contributed by atoms with Crippen molar-refractivity contribution in [1.82, 2.24) is 14.6 Å². The lowest BCUT2D eigenvalue weighted by Gasteiger charge is -2.25. The first-order chi connectivity index (χ1) is 9.04. The van der Waals surface area contributed by atoms with Crippen LogP contribution in [0.1, 0.15) is 5.56 Å². The molecule has 0 amide bonds. The Morgan fingerprint density at radius 2 is 2.05 bits per heavy atom. The lowest BCUT2D eigenvalue weighted by Crippen LogP contribution is -2.41. The van der Waals surface area contributed by atoms with E-state index in [0.29, 0.717) is 31.1 Å². The minimum absolute atomic E-state index is 0.0556. The predicted octanol–water partition coefficient (Wildman–Crippen LogP) is -0.446. The minimum atomic E-state index is -3.55. The second-order valence-corrected chi connectivity index (χ2v) is 7.87. The molecule has 2 rings (SSSR count). The van der Waals surface area contributed by atoms with E-state index in [4.69, 9.17) is 0 Å². The van der Waals surface area contributed by atoms with E-state index in [1.807, 2.05) is 7.05 Å². The molecule has 1 aliphatic rings. The average Bonchev–Trinajstić information content (AvgIpc) is 2.40. The molecule has 0 spiro atoms. The van der Waals surface area contributed by atoms with E-state index >= 15 is 0 Å². The van der Waals surface area contributed by atoms with Gasteiger partial charge in [-0.2, -0.15) is 4.31 Å². The van der Waals surface area contributed by atoms with E-state index < -0.39 is 20.8 Å². The van der Waals surface area contributed by atoms with Crippen molar-refractivity contribution in [2.45, 2.75) is 11.6 Å². The Morgan fingerprint density at radius 3 is 2.58 bits per heavy atom. The highest BCUT2D eigenvalue weighted by Crippen LogP contribution is 2.15. The fourth-order valence-corrected chi connectivity index (χ4v) is 4.50. The van der Waals surface area contributed by atoms with E-state index in [2.05, 4.69) is 10.3 Å². The fraction of sp³-hybridized carbons (Fsp3) is 0.545. The van der Waals surface area contributed by atoms with Gasteiger partial charge in [-0.05, 0) is 18.7 Å². The Labute approximate surface area is 115 Å². The van der Waals surface area contributed by atoms with Gasteiger partial charge < -0.3 is 5.32 Å². The van der Waals surface area contributed by atoms with Gasteiger partial charge in [-0.3, -0.25) is 4.21 Å². The van der Waals surface area contributed by atoms with Crippen LogP contribution >= 0.6 is 0 Å². The zero-order chi connectivity index (χ0) is 13.9. The van der Waals surface area contributed by atoms with Gasteiger partial charge in [0, 0.05) is 48.1 Å². The lowest BCUT2D eigenvalue weighted by atomic mass is 10.3. The molecule has 6 nitrogen and oxygen atoms in total. The largest absolute Gasteiger partial charge is 0.316 e. The van der Waals surface area contributed by atoms with E-state index in [1.54, 1.807) is 12.3 Å². The monoisotopic (exact) mass is 303 g/mol. The number of nitrogens with zero attached hydrogens (tertiary/aromatic N) is 2. The summed E-state index contributed by atoms with van der Waals surface area (Å²) in [5.74, 6) is 0.800. The fourth-order valence-electron chi connectivity index (χ4n) is 1.87. The summed E-state index contributed by atoms with van der Waals surface area (Å²) in [6, 6.07) is 3.27. The van der Waals surface area contributed by atoms with E-state index in [1.165, 1.54) is 10.4 Å². The van der Waals surface area contributed by atoms with Gasteiger partial charge in [0.1, 0.15) is 0 Å². The Bertz CT molecular complexity index is 547. The summed E-state index contributed by atoms with van der Waals surface area (Å²) in [4.78, 5) is 4.02. The molecule has 1 aliphatic heterocycles. The van der Waals surface area contributed by atoms with Gasteiger partial charge >= 0.3 is 0 Å². The molecule has 1 fully saturated rings. The highest BCUT2D eigenvalue weighted by Gasteiger charge is 2.28. The molecule has 0 aliphatic carbocycles. The first-order valence-electron chi connectivity index (χ1n) is 5.98. The summed E-state index contributed by atoms with van der Waals surface area (Å²) in [6.45, 7) is 1.25. The molecule has 8 heteroatoms. The molecule has 2 heterocycles. The average molecular weight is 303 g/mol. The molecule has 19 heavy (non-hydrogen) atoms. The Morgan fingerprint density at radius 1 is 1.37 bits per heavy atom. The molecule has 0 bridgehead atoms. The second kappa shape index (κ2) is 6.08. The summed E-state index contributed by atoms with van der Waals surface area (Å²) in [7, 11) is -2.63. The van der Waals surface area contributed by atoms with Crippen LogP contribution in [-0.4, -0.2) is 53.6 Å². The molecule has 0 radical (unpaired) electrons. The topological polar surface area (TPSA) is 79.4 Å². The molecule has 0 atom stereocenters. The smallest absolute Gasteiger partial charge is 0.260 e. The molecule has 1 aromatic rings. The van der Waals surface area contributed by atoms with Crippen LogP contribution in [0.5, 0.6) is 0 Å². The van der Waals surface area contributed by atoms with Crippen LogP contribution in [0.25, 0.3) is 0 Å². The second-order valence-electron chi connectivity index (χ2n) is 4.29. The Kier molecular flexibility index (Phi) is 4.67.